The lowest BCUT2D eigenvalue weighted by atomic mass is 10.0. The van der Waals surface area contributed by atoms with Crippen molar-refractivity contribution in [1.29, 1.82) is 0 Å². The zero-order valence-corrected chi connectivity index (χ0v) is 14.5. The molecule has 0 bridgehead atoms. The molecular formula is C24H16O3. The van der Waals surface area contributed by atoms with Gasteiger partial charge in [0.2, 0.25) is 0 Å². The summed E-state index contributed by atoms with van der Waals surface area (Å²) in [7, 11) is 0. The van der Waals surface area contributed by atoms with E-state index in [1.807, 2.05) is 72.8 Å². The molecule has 0 N–H and O–H groups in total. The third kappa shape index (κ3) is 2.83. The number of hydrogen-bond donors (Lipinski definition) is 0. The molecule has 5 aromatic rings. The minimum Gasteiger partial charge on any atom is -0.464 e. The first-order valence-corrected chi connectivity index (χ1v) is 8.85. The van der Waals surface area contributed by atoms with Crippen molar-refractivity contribution in [1.82, 2.24) is 0 Å². The van der Waals surface area contributed by atoms with Gasteiger partial charge in [-0.2, -0.15) is 0 Å². The summed E-state index contributed by atoms with van der Waals surface area (Å²) in [5.41, 5.74) is 1.62. The highest BCUT2D eigenvalue weighted by atomic mass is 16.5. The lowest BCUT2D eigenvalue weighted by molar-refractivity contribution is -0.133. The molecule has 0 amide bonds. The number of hydrogen-bond acceptors (Lipinski definition) is 3. The smallest absolute Gasteiger partial charge is 0.315 e. The van der Waals surface area contributed by atoms with E-state index >= 15 is 0 Å². The van der Waals surface area contributed by atoms with Crippen LogP contribution in [0.4, 0.5) is 0 Å². The van der Waals surface area contributed by atoms with Crippen LogP contribution in [-0.4, -0.2) is 5.97 Å². The Kier molecular flexibility index (Phi) is 3.65. The van der Waals surface area contributed by atoms with Crippen LogP contribution in [0.15, 0.2) is 89.5 Å². The monoisotopic (exact) mass is 352 g/mol. The van der Waals surface area contributed by atoms with Crippen LogP contribution in [0.2, 0.25) is 0 Å². The molecule has 27 heavy (non-hydrogen) atoms. The van der Waals surface area contributed by atoms with Crippen molar-refractivity contribution >= 4 is 38.5 Å². The van der Waals surface area contributed by atoms with E-state index in [2.05, 4.69) is 6.07 Å². The number of benzene rings is 4. The molecule has 1 aromatic heterocycles. The van der Waals surface area contributed by atoms with Gasteiger partial charge in [0.05, 0.1) is 12.7 Å². The highest BCUT2D eigenvalue weighted by molar-refractivity contribution is 6.08. The van der Waals surface area contributed by atoms with E-state index in [4.69, 9.17) is 9.15 Å². The van der Waals surface area contributed by atoms with Crippen LogP contribution in [0.5, 0.6) is 5.75 Å². The Hall–Kier alpha value is -3.59. The Morgan fingerprint density at radius 3 is 2.44 bits per heavy atom. The molecule has 0 saturated heterocycles. The van der Waals surface area contributed by atoms with Crippen LogP contribution >= 0.6 is 0 Å². The predicted molar refractivity (Wildman–Crippen MR) is 107 cm³/mol. The molecule has 0 radical (unpaired) electrons. The van der Waals surface area contributed by atoms with Crippen molar-refractivity contribution in [3.8, 4) is 5.75 Å². The highest BCUT2D eigenvalue weighted by Gasteiger charge is 2.14. The third-order valence-electron chi connectivity index (χ3n) is 4.83. The Balaban J connectivity index is 1.46. The summed E-state index contributed by atoms with van der Waals surface area (Å²) in [6.07, 6.45) is 1.81. The lowest BCUT2D eigenvalue weighted by Gasteiger charge is -2.06. The minimum atomic E-state index is -0.305. The van der Waals surface area contributed by atoms with Crippen LogP contribution in [0.3, 0.4) is 0 Å². The first kappa shape index (κ1) is 15.6. The number of fused-ring (bicyclic) bond motifs is 4. The van der Waals surface area contributed by atoms with Gasteiger partial charge >= 0.3 is 5.97 Å². The molecule has 0 fully saturated rings. The Bertz CT molecular complexity index is 1300. The van der Waals surface area contributed by atoms with Crippen molar-refractivity contribution in [3.05, 3.63) is 90.7 Å². The van der Waals surface area contributed by atoms with Gasteiger partial charge in [-0.3, -0.25) is 4.79 Å². The van der Waals surface area contributed by atoms with Gasteiger partial charge in [-0.15, -0.1) is 0 Å². The van der Waals surface area contributed by atoms with E-state index in [1.54, 1.807) is 6.26 Å². The van der Waals surface area contributed by atoms with E-state index < -0.39 is 0 Å². The van der Waals surface area contributed by atoms with E-state index in [1.165, 1.54) is 0 Å². The molecule has 5 rings (SSSR count). The van der Waals surface area contributed by atoms with E-state index in [0.717, 1.165) is 38.1 Å². The van der Waals surface area contributed by atoms with E-state index in [0.29, 0.717) is 5.75 Å². The van der Waals surface area contributed by atoms with Gasteiger partial charge in [-0.25, -0.2) is 0 Å². The molecule has 130 valence electrons. The molecular weight excluding hydrogens is 336 g/mol. The van der Waals surface area contributed by atoms with Gasteiger partial charge in [-0.05, 0) is 39.7 Å². The number of carbonyl (C=O) groups excluding carboxylic acids is 1. The normalized spacial score (nSPS) is 11.3. The number of ether oxygens (including phenoxy) is 1. The van der Waals surface area contributed by atoms with E-state index in [-0.39, 0.29) is 12.4 Å². The van der Waals surface area contributed by atoms with Crippen molar-refractivity contribution in [2.24, 2.45) is 0 Å². The van der Waals surface area contributed by atoms with Gasteiger partial charge in [0.1, 0.15) is 11.3 Å². The van der Waals surface area contributed by atoms with Gasteiger partial charge in [0.15, 0.2) is 0 Å². The van der Waals surface area contributed by atoms with E-state index in [9.17, 15) is 4.79 Å². The maximum absolute atomic E-state index is 12.5. The fraction of sp³-hybridized carbons (Fsp3) is 0.0417. The Morgan fingerprint density at radius 1 is 0.815 bits per heavy atom. The molecule has 0 spiro atoms. The summed E-state index contributed by atoms with van der Waals surface area (Å²) in [6, 6.07) is 25.7. The summed E-state index contributed by atoms with van der Waals surface area (Å²) >= 11 is 0. The predicted octanol–water partition coefficient (Wildman–Crippen LogP) is 5.89. The third-order valence-corrected chi connectivity index (χ3v) is 4.83. The molecule has 0 aliphatic heterocycles. The number of furan rings is 1. The number of esters is 1. The van der Waals surface area contributed by atoms with Crippen LogP contribution < -0.4 is 4.74 Å². The topological polar surface area (TPSA) is 39.4 Å². The molecule has 0 atom stereocenters. The average Bonchev–Trinajstić information content (AvgIpc) is 3.11. The van der Waals surface area contributed by atoms with Crippen molar-refractivity contribution in [2.45, 2.75) is 6.42 Å². The van der Waals surface area contributed by atoms with Crippen LogP contribution in [0.25, 0.3) is 32.5 Å². The van der Waals surface area contributed by atoms with Gasteiger partial charge in [0.25, 0.3) is 0 Å². The van der Waals surface area contributed by atoms with Crippen molar-refractivity contribution < 1.29 is 13.9 Å². The molecule has 3 heteroatoms. The van der Waals surface area contributed by atoms with Crippen LogP contribution in [-0.2, 0) is 11.2 Å². The SMILES string of the molecule is O=C(Cc1coc2ccc3ccccc3c12)Oc1ccc2ccccc2c1. The average molecular weight is 352 g/mol. The summed E-state index contributed by atoms with van der Waals surface area (Å²) in [5.74, 6) is 0.247. The number of carbonyl (C=O) groups is 1. The molecule has 0 aliphatic carbocycles. The van der Waals surface area contributed by atoms with Gasteiger partial charge < -0.3 is 9.15 Å². The second kappa shape index (κ2) is 6.29. The standard InChI is InChI=1S/C24H16O3/c25-23(27-20-11-9-16-5-1-2-7-18(16)13-20)14-19-15-26-22-12-10-17-6-3-4-8-21(17)24(19)22/h1-13,15H,14H2. The molecule has 0 saturated carbocycles. The largest absolute Gasteiger partial charge is 0.464 e. The summed E-state index contributed by atoms with van der Waals surface area (Å²) < 4.78 is 11.2. The van der Waals surface area contributed by atoms with Crippen LogP contribution in [0.1, 0.15) is 5.56 Å². The molecule has 1 heterocycles. The van der Waals surface area contributed by atoms with Crippen molar-refractivity contribution in [2.75, 3.05) is 0 Å². The molecule has 3 nitrogen and oxygen atoms in total. The molecule has 0 unspecified atom stereocenters. The highest BCUT2D eigenvalue weighted by Crippen LogP contribution is 2.30. The summed E-state index contributed by atoms with van der Waals surface area (Å²) in [6.45, 7) is 0. The molecule has 0 aliphatic rings. The van der Waals surface area contributed by atoms with Crippen molar-refractivity contribution in [3.63, 3.8) is 0 Å². The Labute approximate surface area is 155 Å². The van der Waals surface area contributed by atoms with Crippen LogP contribution in [0, 0.1) is 0 Å². The first-order valence-electron chi connectivity index (χ1n) is 8.85. The second-order valence-corrected chi connectivity index (χ2v) is 6.58. The fourth-order valence-corrected chi connectivity index (χ4v) is 3.56. The summed E-state index contributed by atoms with van der Waals surface area (Å²) in [4.78, 5) is 12.5. The lowest BCUT2D eigenvalue weighted by Crippen LogP contribution is -2.10. The first-order chi connectivity index (χ1) is 13.3. The summed E-state index contributed by atoms with van der Waals surface area (Å²) in [5, 5.41) is 5.34. The minimum absolute atomic E-state index is 0.161. The zero-order chi connectivity index (χ0) is 18.2. The molecule has 4 aromatic carbocycles. The maximum atomic E-state index is 12.5. The fourth-order valence-electron chi connectivity index (χ4n) is 3.56. The quantitative estimate of drug-likeness (QED) is 0.300. The zero-order valence-electron chi connectivity index (χ0n) is 14.5. The van der Waals surface area contributed by atoms with Gasteiger partial charge in [-0.1, -0.05) is 60.7 Å². The Morgan fingerprint density at radius 2 is 1.56 bits per heavy atom. The number of rotatable bonds is 3. The van der Waals surface area contributed by atoms with Gasteiger partial charge in [0, 0.05) is 10.9 Å². The maximum Gasteiger partial charge on any atom is 0.315 e. The second-order valence-electron chi connectivity index (χ2n) is 6.58.